The van der Waals surface area contributed by atoms with Gasteiger partial charge in [-0.15, -0.1) is 0 Å². The van der Waals surface area contributed by atoms with Crippen LogP contribution in [0.3, 0.4) is 0 Å². The van der Waals surface area contributed by atoms with E-state index in [0.29, 0.717) is 6.42 Å². The van der Waals surface area contributed by atoms with Gasteiger partial charge in [-0.1, -0.05) is 30.3 Å². The molecule has 0 aliphatic carbocycles. The minimum atomic E-state index is -0.590. The number of amides is 1. The van der Waals surface area contributed by atoms with E-state index in [2.05, 4.69) is 5.32 Å². The van der Waals surface area contributed by atoms with Gasteiger partial charge in [0.15, 0.2) is 0 Å². The lowest BCUT2D eigenvalue weighted by Gasteiger charge is -2.25. The normalized spacial score (nSPS) is 13.1. The average Bonchev–Trinajstić information content (AvgIpc) is 2.34. The third kappa shape index (κ3) is 9.18. The zero-order valence-electron chi connectivity index (χ0n) is 15.5. The van der Waals surface area contributed by atoms with Crippen molar-refractivity contribution in [1.29, 1.82) is 0 Å². The summed E-state index contributed by atoms with van der Waals surface area (Å²) in [5.74, 6) is -0.348. The number of ether oxygens (including phenoxy) is 2. The highest BCUT2D eigenvalue weighted by atomic mass is 16.6. The number of esters is 1. The maximum atomic E-state index is 12.1. The van der Waals surface area contributed by atoms with Crippen molar-refractivity contribution in [3.8, 4) is 0 Å². The minimum absolute atomic E-state index is 0.0887. The molecule has 134 valence electrons. The summed E-state index contributed by atoms with van der Waals surface area (Å²) in [7, 11) is 0. The van der Waals surface area contributed by atoms with Crippen LogP contribution in [0, 0.1) is 0 Å². The van der Waals surface area contributed by atoms with Crippen LogP contribution in [0.15, 0.2) is 30.3 Å². The van der Waals surface area contributed by atoms with Crippen LogP contribution in [0.1, 0.15) is 53.5 Å². The van der Waals surface area contributed by atoms with Crippen molar-refractivity contribution in [2.75, 3.05) is 0 Å². The number of benzene rings is 1. The van der Waals surface area contributed by atoms with Crippen molar-refractivity contribution in [3.05, 3.63) is 35.9 Å². The first-order valence-electron chi connectivity index (χ1n) is 8.20. The molecule has 0 saturated carbocycles. The fourth-order valence-electron chi connectivity index (χ4n) is 2.13. The zero-order chi connectivity index (χ0) is 18.4. The van der Waals surface area contributed by atoms with Gasteiger partial charge < -0.3 is 14.8 Å². The highest BCUT2D eigenvalue weighted by molar-refractivity contribution is 5.73. The number of carbonyl (C=O) groups excluding carboxylic acids is 2. The van der Waals surface area contributed by atoms with Crippen LogP contribution in [0.25, 0.3) is 0 Å². The second kappa shape index (κ2) is 8.18. The summed E-state index contributed by atoms with van der Waals surface area (Å²) < 4.78 is 10.6. The van der Waals surface area contributed by atoms with Crippen LogP contribution < -0.4 is 5.32 Å². The number of nitrogens with one attached hydrogen (secondary N) is 1. The molecule has 0 aliphatic heterocycles. The molecule has 0 aromatic heterocycles. The van der Waals surface area contributed by atoms with Gasteiger partial charge in [0.05, 0.1) is 6.42 Å². The van der Waals surface area contributed by atoms with E-state index in [0.717, 1.165) is 5.56 Å². The quantitative estimate of drug-likeness (QED) is 0.830. The summed E-state index contributed by atoms with van der Waals surface area (Å²) in [4.78, 5) is 24.2. The van der Waals surface area contributed by atoms with Gasteiger partial charge in [-0.25, -0.2) is 4.79 Å². The van der Waals surface area contributed by atoms with E-state index in [-0.39, 0.29) is 12.4 Å². The lowest BCUT2D eigenvalue weighted by molar-refractivity contribution is -0.155. The van der Waals surface area contributed by atoms with Crippen LogP contribution in [-0.2, 0) is 20.7 Å². The van der Waals surface area contributed by atoms with Gasteiger partial charge in [-0.3, -0.25) is 4.79 Å². The molecular weight excluding hydrogens is 306 g/mol. The van der Waals surface area contributed by atoms with Gasteiger partial charge in [0.2, 0.25) is 0 Å². The zero-order valence-corrected chi connectivity index (χ0v) is 15.5. The summed E-state index contributed by atoms with van der Waals surface area (Å²) in [6.45, 7) is 10.8. The van der Waals surface area contributed by atoms with E-state index in [1.165, 1.54) is 0 Å². The Kier molecular flexibility index (Phi) is 6.81. The number of carbonyl (C=O) groups is 2. The van der Waals surface area contributed by atoms with Crippen molar-refractivity contribution in [1.82, 2.24) is 5.32 Å². The van der Waals surface area contributed by atoms with E-state index in [1.54, 1.807) is 20.8 Å². The molecule has 1 N–H and O–H groups in total. The lowest BCUT2D eigenvalue weighted by Crippen LogP contribution is -2.42. The van der Waals surface area contributed by atoms with Crippen molar-refractivity contribution in [3.63, 3.8) is 0 Å². The Morgan fingerprint density at radius 1 is 0.958 bits per heavy atom. The van der Waals surface area contributed by atoms with Crippen LogP contribution in [0.4, 0.5) is 4.79 Å². The van der Waals surface area contributed by atoms with Crippen LogP contribution in [-0.4, -0.2) is 29.3 Å². The predicted molar refractivity (Wildman–Crippen MR) is 93.8 cm³/mol. The first-order valence-corrected chi connectivity index (χ1v) is 8.20. The molecule has 0 fully saturated rings. The van der Waals surface area contributed by atoms with Gasteiger partial charge in [0.25, 0.3) is 0 Å². The molecule has 0 aliphatic rings. The fraction of sp³-hybridized carbons (Fsp3) is 0.579. The van der Waals surface area contributed by atoms with Gasteiger partial charge in [-0.2, -0.15) is 0 Å². The smallest absolute Gasteiger partial charge is 0.407 e. The molecule has 5 heteroatoms. The highest BCUT2D eigenvalue weighted by Crippen LogP contribution is 2.13. The Morgan fingerprint density at radius 2 is 1.50 bits per heavy atom. The Balaban J connectivity index is 2.75. The lowest BCUT2D eigenvalue weighted by atomic mass is 10.0. The van der Waals surface area contributed by atoms with E-state index in [9.17, 15) is 9.59 Å². The molecule has 0 radical (unpaired) electrons. The Bertz CT molecular complexity index is 511. The Hall–Kier alpha value is -2.04. The molecule has 0 spiro atoms. The molecule has 5 nitrogen and oxygen atoms in total. The second-order valence-electron chi connectivity index (χ2n) is 7.82. The summed E-state index contributed by atoms with van der Waals surface area (Å²) in [5, 5.41) is 2.78. The maximum absolute atomic E-state index is 12.1. The van der Waals surface area contributed by atoms with Gasteiger partial charge >= 0.3 is 12.1 Å². The van der Waals surface area contributed by atoms with Crippen LogP contribution in [0.5, 0.6) is 0 Å². The molecule has 1 aromatic rings. The molecule has 1 rings (SSSR count). The largest absolute Gasteiger partial charge is 0.460 e. The first-order chi connectivity index (χ1) is 10.9. The number of alkyl carbamates (subject to hydrolysis) is 1. The molecule has 0 heterocycles. The highest BCUT2D eigenvalue weighted by Gasteiger charge is 2.24. The van der Waals surface area contributed by atoms with E-state index >= 15 is 0 Å². The number of hydrogen-bond acceptors (Lipinski definition) is 4. The van der Waals surface area contributed by atoms with Gasteiger partial charge in [-0.05, 0) is 53.5 Å². The third-order valence-corrected chi connectivity index (χ3v) is 2.88. The molecular formula is C19H29NO4. The summed E-state index contributed by atoms with van der Waals surface area (Å²) in [6.07, 6.45) is 0.0806. The fourth-order valence-corrected chi connectivity index (χ4v) is 2.13. The van der Waals surface area contributed by atoms with Crippen molar-refractivity contribution >= 4 is 12.1 Å². The maximum Gasteiger partial charge on any atom is 0.407 e. The average molecular weight is 335 g/mol. The van der Waals surface area contributed by atoms with Crippen LogP contribution >= 0.6 is 0 Å². The topological polar surface area (TPSA) is 64.6 Å². The van der Waals surface area contributed by atoms with E-state index in [1.807, 2.05) is 51.1 Å². The van der Waals surface area contributed by atoms with Crippen molar-refractivity contribution in [2.24, 2.45) is 0 Å². The van der Waals surface area contributed by atoms with Gasteiger partial charge in [0, 0.05) is 6.04 Å². The number of rotatable bonds is 5. The molecule has 24 heavy (non-hydrogen) atoms. The minimum Gasteiger partial charge on any atom is -0.460 e. The monoisotopic (exact) mass is 335 g/mol. The molecule has 1 aromatic carbocycles. The standard InChI is InChI=1S/C19H29NO4/c1-18(2,3)23-16(21)13-15(12-14-10-8-7-9-11-14)20-17(22)24-19(4,5)6/h7-11,15H,12-13H2,1-6H3,(H,20,22)/t15-/m1/s1. The second-order valence-corrected chi connectivity index (χ2v) is 7.82. The van der Waals surface area contributed by atoms with E-state index in [4.69, 9.17) is 9.47 Å². The number of hydrogen-bond donors (Lipinski definition) is 1. The summed E-state index contributed by atoms with van der Waals surface area (Å²) in [5.41, 5.74) is -0.116. The Morgan fingerprint density at radius 3 is 2.00 bits per heavy atom. The predicted octanol–water partition coefficient (Wildman–Crippen LogP) is 3.85. The van der Waals surface area contributed by atoms with Gasteiger partial charge in [0.1, 0.15) is 11.2 Å². The molecule has 1 atom stereocenters. The van der Waals surface area contributed by atoms with Crippen molar-refractivity contribution < 1.29 is 19.1 Å². The molecule has 0 bridgehead atoms. The third-order valence-electron chi connectivity index (χ3n) is 2.88. The molecule has 0 saturated heterocycles. The van der Waals surface area contributed by atoms with Crippen molar-refractivity contribution in [2.45, 2.75) is 71.6 Å². The summed E-state index contributed by atoms with van der Waals surface area (Å²) >= 11 is 0. The van der Waals surface area contributed by atoms with Crippen LogP contribution in [0.2, 0.25) is 0 Å². The first kappa shape index (κ1) is 20.0. The Labute approximate surface area is 144 Å². The van der Waals surface area contributed by atoms with E-state index < -0.39 is 23.3 Å². The summed E-state index contributed by atoms with van der Waals surface area (Å²) in [6, 6.07) is 9.30. The molecule has 1 amide bonds. The molecule has 0 unspecified atom stereocenters. The SMILES string of the molecule is CC(C)(C)OC(=O)C[C@@H](Cc1ccccc1)NC(=O)OC(C)(C)C.